The Morgan fingerprint density at radius 1 is 0.735 bits per heavy atom. The summed E-state index contributed by atoms with van der Waals surface area (Å²) in [6.07, 6.45) is 0. The fourth-order valence-electron chi connectivity index (χ4n) is 3.03. The Labute approximate surface area is 202 Å². The molecule has 0 saturated heterocycles. The van der Waals surface area contributed by atoms with Crippen LogP contribution in [0.3, 0.4) is 0 Å². The molecular formula is C25H24ClN3O5. The molecule has 3 amide bonds. The first-order valence-corrected chi connectivity index (χ1v) is 11.0. The molecule has 176 valence electrons. The Hall–Kier alpha value is -4.04. The van der Waals surface area contributed by atoms with E-state index in [2.05, 4.69) is 16.2 Å². The Bertz CT molecular complexity index is 1200. The highest BCUT2D eigenvalue weighted by Gasteiger charge is 2.14. The van der Waals surface area contributed by atoms with Crippen LogP contribution in [-0.4, -0.2) is 30.9 Å². The molecule has 0 unspecified atom stereocenters. The number of hydrazine groups is 1. The van der Waals surface area contributed by atoms with Crippen molar-refractivity contribution in [2.75, 3.05) is 18.5 Å². The van der Waals surface area contributed by atoms with Gasteiger partial charge in [-0.25, -0.2) is 0 Å². The largest absolute Gasteiger partial charge is 0.490 e. The highest BCUT2D eigenvalue weighted by molar-refractivity contribution is 6.34. The summed E-state index contributed by atoms with van der Waals surface area (Å²) < 4.78 is 11.0. The minimum atomic E-state index is -0.557. The second-order valence-corrected chi connectivity index (χ2v) is 7.36. The molecule has 0 aliphatic rings. The van der Waals surface area contributed by atoms with Crippen molar-refractivity contribution in [2.45, 2.75) is 13.8 Å². The van der Waals surface area contributed by atoms with Crippen molar-refractivity contribution < 1.29 is 23.9 Å². The van der Waals surface area contributed by atoms with Gasteiger partial charge in [-0.1, -0.05) is 29.8 Å². The molecule has 3 N–H and O–H groups in total. The number of nitrogens with one attached hydrogen (secondary N) is 3. The van der Waals surface area contributed by atoms with Crippen LogP contribution >= 0.6 is 11.6 Å². The Balaban J connectivity index is 1.64. The Morgan fingerprint density at radius 2 is 1.38 bits per heavy atom. The number of anilines is 1. The quantitative estimate of drug-likeness (QED) is 0.412. The number of hydrogen-bond acceptors (Lipinski definition) is 5. The summed E-state index contributed by atoms with van der Waals surface area (Å²) in [7, 11) is 0. The highest BCUT2D eigenvalue weighted by Crippen LogP contribution is 2.28. The van der Waals surface area contributed by atoms with Crippen molar-refractivity contribution in [3.63, 3.8) is 0 Å². The molecule has 0 aromatic heterocycles. The number of halogens is 1. The smallest absolute Gasteiger partial charge is 0.269 e. The van der Waals surface area contributed by atoms with Gasteiger partial charge in [0.25, 0.3) is 17.7 Å². The van der Waals surface area contributed by atoms with Crippen molar-refractivity contribution in [1.29, 1.82) is 0 Å². The second-order valence-electron chi connectivity index (χ2n) is 6.95. The summed E-state index contributed by atoms with van der Waals surface area (Å²) in [6, 6.07) is 17.7. The van der Waals surface area contributed by atoms with Gasteiger partial charge in [-0.2, -0.15) is 0 Å². The van der Waals surface area contributed by atoms with E-state index in [4.69, 9.17) is 21.1 Å². The first-order chi connectivity index (χ1) is 16.4. The fraction of sp³-hybridized carbons (Fsp3) is 0.160. The summed E-state index contributed by atoms with van der Waals surface area (Å²) in [4.78, 5) is 37.5. The summed E-state index contributed by atoms with van der Waals surface area (Å²) >= 11 is 6.06. The minimum absolute atomic E-state index is 0.235. The molecule has 0 radical (unpaired) electrons. The SMILES string of the molecule is CCOc1ccc(C(=O)NNC(=O)c2cccc(NC(=O)c3ccccc3Cl)c2)cc1OCC. The molecule has 0 fully saturated rings. The van der Waals surface area contributed by atoms with Gasteiger partial charge in [-0.3, -0.25) is 25.2 Å². The number of hydrogen-bond donors (Lipinski definition) is 3. The van der Waals surface area contributed by atoms with Gasteiger partial charge in [-0.05, 0) is 62.4 Å². The van der Waals surface area contributed by atoms with Crippen LogP contribution in [0, 0.1) is 0 Å². The molecular weight excluding hydrogens is 458 g/mol. The van der Waals surface area contributed by atoms with Crippen molar-refractivity contribution >= 4 is 35.0 Å². The van der Waals surface area contributed by atoms with Gasteiger partial charge in [0.15, 0.2) is 11.5 Å². The molecule has 0 bridgehead atoms. The molecule has 9 heteroatoms. The van der Waals surface area contributed by atoms with Gasteiger partial charge in [0.05, 0.1) is 23.8 Å². The van der Waals surface area contributed by atoms with E-state index in [0.29, 0.717) is 41.0 Å². The minimum Gasteiger partial charge on any atom is -0.490 e. The van der Waals surface area contributed by atoms with E-state index in [9.17, 15) is 14.4 Å². The van der Waals surface area contributed by atoms with Crippen LogP contribution in [-0.2, 0) is 0 Å². The summed E-state index contributed by atoms with van der Waals surface area (Å²) in [6.45, 7) is 4.54. The Kier molecular flexibility index (Phi) is 8.48. The van der Waals surface area contributed by atoms with E-state index in [1.54, 1.807) is 60.7 Å². The molecule has 0 heterocycles. The standard InChI is InChI=1S/C25H24ClN3O5/c1-3-33-21-13-12-17(15-22(21)34-4-2)24(31)29-28-23(30)16-8-7-9-18(14-16)27-25(32)19-10-5-6-11-20(19)26/h5-15H,3-4H2,1-2H3,(H,27,32)(H,28,30)(H,29,31). The molecule has 0 atom stereocenters. The predicted molar refractivity (Wildman–Crippen MR) is 130 cm³/mol. The van der Waals surface area contributed by atoms with E-state index < -0.39 is 17.7 Å². The number of benzene rings is 3. The maximum absolute atomic E-state index is 12.5. The number of ether oxygens (including phenoxy) is 2. The van der Waals surface area contributed by atoms with Gasteiger partial charge in [0.1, 0.15) is 0 Å². The van der Waals surface area contributed by atoms with E-state index in [1.165, 1.54) is 6.07 Å². The van der Waals surface area contributed by atoms with Crippen molar-refractivity contribution in [3.05, 3.63) is 88.4 Å². The first kappa shape index (κ1) is 24.6. The van der Waals surface area contributed by atoms with E-state index in [0.717, 1.165) is 0 Å². The molecule has 3 rings (SSSR count). The van der Waals surface area contributed by atoms with E-state index >= 15 is 0 Å². The molecule has 3 aromatic carbocycles. The third-order valence-electron chi connectivity index (χ3n) is 4.60. The fourth-order valence-corrected chi connectivity index (χ4v) is 3.25. The third kappa shape index (κ3) is 6.26. The zero-order valence-electron chi connectivity index (χ0n) is 18.7. The first-order valence-electron chi connectivity index (χ1n) is 10.6. The van der Waals surface area contributed by atoms with Crippen LogP contribution in [0.15, 0.2) is 66.7 Å². The predicted octanol–water partition coefficient (Wildman–Crippen LogP) is 4.46. The molecule has 0 aliphatic carbocycles. The van der Waals surface area contributed by atoms with Crippen LogP contribution in [0.25, 0.3) is 0 Å². The summed E-state index contributed by atoms with van der Waals surface area (Å²) in [5, 5.41) is 3.02. The number of rotatable bonds is 8. The van der Waals surface area contributed by atoms with Gasteiger partial charge in [-0.15, -0.1) is 0 Å². The average Bonchev–Trinajstić information content (AvgIpc) is 2.84. The van der Waals surface area contributed by atoms with Crippen LogP contribution in [0.2, 0.25) is 5.02 Å². The van der Waals surface area contributed by atoms with Crippen molar-refractivity contribution in [3.8, 4) is 11.5 Å². The lowest BCUT2D eigenvalue weighted by Gasteiger charge is -2.13. The molecule has 3 aromatic rings. The molecule has 0 aliphatic heterocycles. The summed E-state index contributed by atoms with van der Waals surface area (Å²) in [5.74, 6) is -0.526. The number of amides is 3. The lowest BCUT2D eigenvalue weighted by atomic mass is 10.1. The zero-order chi connectivity index (χ0) is 24.5. The second kappa shape index (κ2) is 11.7. The summed E-state index contributed by atoms with van der Waals surface area (Å²) in [5.41, 5.74) is 5.97. The normalized spacial score (nSPS) is 10.2. The van der Waals surface area contributed by atoms with Gasteiger partial charge < -0.3 is 14.8 Å². The molecule has 8 nitrogen and oxygen atoms in total. The molecule has 34 heavy (non-hydrogen) atoms. The molecule has 0 saturated carbocycles. The monoisotopic (exact) mass is 481 g/mol. The highest BCUT2D eigenvalue weighted by atomic mass is 35.5. The Morgan fingerprint density at radius 3 is 2.06 bits per heavy atom. The van der Waals surface area contributed by atoms with Gasteiger partial charge >= 0.3 is 0 Å². The van der Waals surface area contributed by atoms with Gasteiger partial charge in [0, 0.05) is 16.8 Å². The maximum Gasteiger partial charge on any atom is 0.269 e. The lowest BCUT2D eigenvalue weighted by molar-refractivity contribution is 0.0846. The van der Waals surface area contributed by atoms with E-state index in [1.807, 2.05) is 13.8 Å². The third-order valence-corrected chi connectivity index (χ3v) is 4.93. The van der Waals surface area contributed by atoms with Crippen LogP contribution < -0.4 is 25.6 Å². The van der Waals surface area contributed by atoms with Gasteiger partial charge in [0.2, 0.25) is 0 Å². The van der Waals surface area contributed by atoms with E-state index in [-0.39, 0.29) is 11.1 Å². The van der Waals surface area contributed by atoms with Crippen molar-refractivity contribution in [1.82, 2.24) is 10.9 Å². The van der Waals surface area contributed by atoms with Crippen molar-refractivity contribution in [2.24, 2.45) is 0 Å². The van der Waals surface area contributed by atoms with Crippen LogP contribution in [0.4, 0.5) is 5.69 Å². The number of carbonyl (C=O) groups is 3. The van der Waals surface area contributed by atoms with Crippen LogP contribution in [0.5, 0.6) is 11.5 Å². The maximum atomic E-state index is 12.5. The molecule has 0 spiro atoms. The topological polar surface area (TPSA) is 106 Å². The lowest BCUT2D eigenvalue weighted by Crippen LogP contribution is -2.41. The van der Waals surface area contributed by atoms with Crippen LogP contribution in [0.1, 0.15) is 44.9 Å². The number of carbonyl (C=O) groups excluding carboxylic acids is 3. The zero-order valence-corrected chi connectivity index (χ0v) is 19.4. The average molecular weight is 482 g/mol.